The molecule has 3 heterocycles. The first-order valence-corrected chi connectivity index (χ1v) is 5.23. The standard InChI is InChI=1S/C10H19NO/c12-7-1-2-10-8-11-5-3-9(10)4-6-11/h9-10,12H,1-8H2. The van der Waals surface area contributed by atoms with E-state index in [9.17, 15) is 0 Å². The Balaban J connectivity index is 1.82. The minimum absolute atomic E-state index is 0.378. The SMILES string of the molecule is OCCCC1CN2CCC1CC2. The van der Waals surface area contributed by atoms with Gasteiger partial charge in [0, 0.05) is 13.2 Å². The molecule has 70 valence electrons. The molecule has 3 saturated heterocycles. The minimum atomic E-state index is 0.378. The summed E-state index contributed by atoms with van der Waals surface area (Å²) in [6.07, 6.45) is 5.08. The van der Waals surface area contributed by atoms with Crippen LogP contribution in [-0.2, 0) is 0 Å². The summed E-state index contributed by atoms with van der Waals surface area (Å²) in [6.45, 7) is 4.36. The van der Waals surface area contributed by atoms with Gasteiger partial charge in [0.05, 0.1) is 0 Å². The van der Waals surface area contributed by atoms with Crippen molar-refractivity contribution in [2.45, 2.75) is 25.7 Å². The van der Waals surface area contributed by atoms with Crippen LogP contribution in [0, 0.1) is 11.8 Å². The van der Waals surface area contributed by atoms with E-state index >= 15 is 0 Å². The van der Waals surface area contributed by atoms with Crippen molar-refractivity contribution in [1.29, 1.82) is 0 Å². The molecule has 2 bridgehead atoms. The highest BCUT2D eigenvalue weighted by atomic mass is 16.2. The highest BCUT2D eigenvalue weighted by molar-refractivity contribution is 4.86. The first-order chi connectivity index (χ1) is 5.90. The normalized spacial score (nSPS) is 40.2. The van der Waals surface area contributed by atoms with Crippen molar-refractivity contribution in [1.82, 2.24) is 4.90 Å². The van der Waals surface area contributed by atoms with Crippen molar-refractivity contribution in [2.75, 3.05) is 26.2 Å². The first kappa shape index (κ1) is 8.52. The van der Waals surface area contributed by atoms with E-state index in [4.69, 9.17) is 5.11 Å². The number of hydrogen-bond acceptors (Lipinski definition) is 2. The number of rotatable bonds is 3. The Bertz CT molecular complexity index is 141. The predicted octanol–water partition coefficient (Wildman–Crippen LogP) is 1.10. The molecule has 1 unspecified atom stereocenters. The lowest BCUT2D eigenvalue weighted by Gasteiger charge is -2.45. The largest absolute Gasteiger partial charge is 0.396 e. The molecule has 0 aromatic heterocycles. The molecule has 3 aliphatic rings. The van der Waals surface area contributed by atoms with E-state index in [0.29, 0.717) is 6.61 Å². The van der Waals surface area contributed by atoms with E-state index in [1.54, 1.807) is 0 Å². The number of fused-ring (bicyclic) bond motifs is 3. The van der Waals surface area contributed by atoms with E-state index in [2.05, 4.69) is 4.90 Å². The van der Waals surface area contributed by atoms with Crippen LogP contribution in [0.3, 0.4) is 0 Å². The molecule has 0 aliphatic carbocycles. The number of piperidine rings is 3. The Hall–Kier alpha value is -0.0800. The number of hydrogen-bond donors (Lipinski definition) is 1. The Morgan fingerprint density at radius 3 is 2.50 bits per heavy atom. The summed E-state index contributed by atoms with van der Waals surface area (Å²) in [5.74, 6) is 1.89. The second-order valence-electron chi connectivity index (χ2n) is 4.26. The maximum Gasteiger partial charge on any atom is 0.0431 e. The van der Waals surface area contributed by atoms with Gasteiger partial charge in [-0.05, 0) is 50.6 Å². The van der Waals surface area contributed by atoms with Crippen LogP contribution in [0.5, 0.6) is 0 Å². The molecule has 3 fully saturated rings. The highest BCUT2D eigenvalue weighted by Crippen LogP contribution is 2.34. The van der Waals surface area contributed by atoms with Crippen molar-refractivity contribution >= 4 is 0 Å². The molecular weight excluding hydrogens is 150 g/mol. The quantitative estimate of drug-likeness (QED) is 0.684. The zero-order valence-electron chi connectivity index (χ0n) is 7.71. The van der Waals surface area contributed by atoms with Crippen molar-refractivity contribution in [2.24, 2.45) is 11.8 Å². The van der Waals surface area contributed by atoms with E-state index in [1.807, 2.05) is 0 Å². The summed E-state index contributed by atoms with van der Waals surface area (Å²) in [5, 5.41) is 8.75. The minimum Gasteiger partial charge on any atom is -0.396 e. The van der Waals surface area contributed by atoms with Gasteiger partial charge in [-0.2, -0.15) is 0 Å². The zero-order chi connectivity index (χ0) is 8.39. The van der Waals surface area contributed by atoms with Crippen LogP contribution in [-0.4, -0.2) is 36.2 Å². The number of nitrogens with zero attached hydrogens (tertiary/aromatic N) is 1. The third-order valence-electron chi connectivity index (χ3n) is 3.52. The Morgan fingerprint density at radius 1 is 1.25 bits per heavy atom. The van der Waals surface area contributed by atoms with E-state index < -0.39 is 0 Å². The summed E-state index contributed by atoms with van der Waals surface area (Å²) < 4.78 is 0. The van der Waals surface area contributed by atoms with Crippen LogP contribution >= 0.6 is 0 Å². The van der Waals surface area contributed by atoms with Crippen LogP contribution in [0.25, 0.3) is 0 Å². The molecule has 0 amide bonds. The van der Waals surface area contributed by atoms with Crippen LogP contribution < -0.4 is 0 Å². The third-order valence-corrected chi connectivity index (χ3v) is 3.52. The van der Waals surface area contributed by atoms with Gasteiger partial charge in [-0.1, -0.05) is 0 Å². The van der Waals surface area contributed by atoms with Gasteiger partial charge in [0.25, 0.3) is 0 Å². The van der Waals surface area contributed by atoms with E-state index in [0.717, 1.165) is 18.3 Å². The first-order valence-electron chi connectivity index (χ1n) is 5.23. The predicted molar refractivity (Wildman–Crippen MR) is 49.0 cm³/mol. The molecule has 0 radical (unpaired) electrons. The lowest BCUT2D eigenvalue weighted by atomic mass is 9.77. The van der Waals surface area contributed by atoms with Gasteiger partial charge in [-0.25, -0.2) is 0 Å². The maximum absolute atomic E-state index is 8.75. The van der Waals surface area contributed by atoms with Gasteiger partial charge in [0.15, 0.2) is 0 Å². The number of aliphatic hydroxyl groups is 1. The third kappa shape index (κ3) is 1.64. The van der Waals surface area contributed by atoms with Crippen LogP contribution in [0.2, 0.25) is 0 Å². The van der Waals surface area contributed by atoms with Gasteiger partial charge < -0.3 is 10.0 Å². The van der Waals surface area contributed by atoms with Crippen LogP contribution in [0.15, 0.2) is 0 Å². The fourth-order valence-corrected chi connectivity index (χ4v) is 2.77. The van der Waals surface area contributed by atoms with Crippen LogP contribution in [0.4, 0.5) is 0 Å². The average molecular weight is 169 g/mol. The van der Waals surface area contributed by atoms with Gasteiger partial charge in [-0.3, -0.25) is 0 Å². The molecule has 0 saturated carbocycles. The highest BCUT2D eigenvalue weighted by Gasteiger charge is 2.33. The van der Waals surface area contributed by atoms with E-state index in [-0.39, 0.29) is 0 Å². The molecule has 0 aromatic carbocycles. The lowest BCUT2D eigenvalue weighted by molar-refractivity contribution is 0.0433. The second-order valence-corrected chi connectivity index (χ2v) is 4.26. The number of aliphatic hydroxyl groups excluding tert-OH is 1. The fraction of sp³-hybridized carbons (Fsp3) is 1.00. The maximum atomic E-state index is 8.75. The second kappa shape index (κ2) is 3.75. The molecule has 1 N–H and O–H groups in total. The van der Waals surface area contributed by atoms with Gasteiger partial charge >= 0.3 is 0 Å². The fourth-order valence-electron chi connectivity index (χ4n) is 2.77. The molecular formula is C10H19NO. The van der Waals surface area contributed by atoms with Crippen molar-refractivity contribution in [3.8, 4) is 0 Å². The van der Waals surface area contributed by atoms with Gasteiger partial charge in [0.2, 0.25) is 0 Å². The molecule has 12 heavy (non-hydrogen) atoms. The van der Waals surface area contributed by atoms with Gasteiger partial charge in [-0.15, -0.1) is 0 Å². The van der Waals surface area contributed by atoms with Crippen molar-refractivity contribution in [3.05, 3.63) is 0 Å². The Morgan fingerprint density at radius 2 is 2.00 bits per heavy atom. The molecule has 0 spiro atoms. The summed E-state index contributed by atoms with van der Waals surface area (Å²) in [5.41, 5.74) is 0. The molecule has 2 heteroatoms. The molecule has 3 aliphatic heterocycles. The smallest absolute Gasteiger partial charge is 0.0431 e. The summed E-state index contributed by atoms with van der Waals surface area (Å²) in [4.78, 5) is 2.59. The zero-order valence-corrected chi connectivity index (χ0v) is 7.71. The Kier molecular flexibility index (Phi) is 2.66. The summed E-state index contributed by atoms with van der Waals surface area (Å²) >= 11 is 0. The Labute approximate surface area is 74.6 Å². The molecule has 3 rings (SSSR count). The summed E-state index contributed by atoms with van der Waals surface area (Å²) in [7, 11) is 0. The summed E-state index contributed by atoms with van der Waals surface area (Å²) in [6, 6.07) is 0. The topological polar surface area (TPSA) is 23.5 Å². The monoisotopic (exact) mass is 169 g/mol. The van der Waals surface area contributed by atoms with Gasteiger partial charge in [0.1, 0.15) is 0 Å². The average Bonchev–Trinajstić information content (AvgIpc) is 2.17. The van der Waals surface area contributed by atoms with Crippen molar-refractivity contribution < 1.29 is 5.11 Å². The molecule has 0 aromatic rings. The molecule has 1 atom stereocenters. The van der Waals surface area contributed by atoms with E-state index in [1.165, 1.54) is 38.9 Å². The van der Waals surface area contributed by atoms with Crippen LogP contribution in [0.1, 0.15) is 25.7 Å². The van der Waals surface area contributed by atoms with Crippen molar-refractivity contribution in [3.63, 3.8) is 0 Å². The lowest BCUT2D eigenvalue weighted by Crippen LogP contribution is -2.47. The molecule has 2 nitrogen and oxygen atoms in total.